The summed E-state index contributed by atoms with van der Waals surface area (Å²) in [5.74, 6) is 0.489. The lowest BCUT2D eigenvalue weighted by atomic mass is 10.2. The van der Waals surface area contributed by atoms with E-state index >= 15 is 0 Å². The highest BCUT2D eigenvalue weighted by molar-refractivity contribution is 5.79. The molecule has 2 N–H and O–H groups in total. The Morgan fingerprint density at radius 3 is 2.65 bits per heavy atom. The number of rotatable bonds is 3. The van der Waals surface area contributed by atoms with Crippen molar-refractivity contribution in [3.63, 3.8) is 0 Å². The van der Waals surface area contributed by atoms with Crippen LogP contribution in [0.4, 0.5) is 5.95 Å². The van der Waals surface area contributed by atoms with Gasteiger partial charge in [-0.3, -0.25) is 0 Å². The minimum absolute atomic E-state index is 0.128. The summed E-state index contributed by atoms with van der Waals surface area (Å²) in [5.41, 5.74) is 8.30. The standard InChI is InChI=1S/C14H13N5O/c1-2-20-13-11-12(18-14(15)19-13)16-8-10(17-11)9-6-4-3-5-7-9/h3-8H,2H2,1H3,(H2,15,16,18,19). The molecule has 1 aromatic carbocycles. The maximum atomic E-state index is 5.63. The van der Waals surface area contributed by atoms with Crippen LogP contribution in [0.5, 0.6) is 5.88 Å². The number of nitrogen functional groups attached to an aromatic ring is 1. The number of nitrogens with zero attached hydrogens (tertiary/aromatic N) is 4. The van der Waals surface area contributed by atoms with Crippen LogP contribution in [0.2, 0.25) is 0 Å². The minimum atomic E-state index is 0.128. The Balaban J connectivity index is 2.19. The van der Waals surface area contributed by atoms with E-state index < -0.39 is 0 Å². The zero-order valence-electron chi connectivity index (χ0n) is 10.9. The minimum Gasteiger partial charge on any atom is -0.476 e. The van der Waals surface area contributed by atoms with Crippen LogP contribution in [0.1, 0.15) is 6.92 Å². The zero-order chi connectivity index (χ0) is 13.9. The Kier molecular flexibility index (Phi) is 3.12. The van der Waals surface area contributed by atoms with Gasteiger partial charge in [0.25, 0.3) is 0 Å². The van der Waals surface area contributed by atoms with Gasteiger partial charge in [-0.05, 0) is 6.92 Å². The number of hydrogen-bond donors (Lipinski definition) is 1. The molecular formula is C14H13N5O. The van der Waals surface area contributed by atoms with Crippen molar-refractivity contribution in [2.24, 2.45) is 0 Å². The number of benzene rings is 1. The second-order valence-corrected chi connectivity index (χ2v) is 4.11. The highest BCUT2D eigenvalue weighted by atomic mass is 16.5. The molecule has 0 saturated carbocycles. The predicted octanol–water partition coefficient (Wildman–Crippen LogP) is 2.07. The van der Waals surface area contributed by atoms with Crippen molar-refractivity contribution >= 4 is 17.1 Å². The third kappa shape index (κ3) is 2.23. The Morgan fingerprint density at radius 1 is 1.10 bits per heavy atom. The van der Waals surface area contributed by atoms with Gasteiger partial charge in [0.1, 0.15) is 0 Å². The summed E-state index contributed by atoms with van der Waals surface area (Å²) in [7, 11) is 0. The quantitative estimate of drug-likeness (QED) is 0.781. The van der Waals surface area contributed by atoms with Crippen molar-refractivity contribution < 1.29 is 4.74 Å². The average molecular weight is 267 g/mol. The summed E-state index contributed by atoms with van der Waals surface area (Å²) in [6.45, 7) is 2.35. The molecule has 2 heterocycles. The first-order valence-electron chi connectivity index (χ1n) is 6.26. The number of aromatic nitrogens is 4. The van der Waals surface area contributed by atoms with E-state index in [1.54, 1.807) is 6.20 Å². The van der Waals surface area contributed by atoms with Gasteiger partial charge in [-0.2, -0.15) is 9.97 Å². The van der Waals surface area contributed by atoms with Crippen LogP contribution < -0.4 is 10.5 Å². The van der Waals surface area contributed by atoms with Crippen LogP contribution in [0.25, 0.3) is 22.4 Å². The first kappa shape index (κ1) is 12.3. The second kappa shape index (κ2) is 5.08. The fourth-order valence-corrected chi connectivity index (χ4v) is 1.88. The highest BCUT2D eigenvalue weighted by Gasteiger charge is 2.11. The van der Waals surface area contributed by atoms with Crippen molar-refractivity contribution in [2.45, 2.75) is 6.92 Å². The molecule has 6 nitrogen and oxygen atoms in total. The van der Waals surface area contributed by atoms with Crippen molar-refractivity contribution in [3.8, 4) is 17.1 Å². The SMILES string of the molecule is CCOc1nc(N)nc2ncc(-c3ccccc3)nc12. The molecule has 3 aromatic rings. The van der Waals surface area contributed by atoms with Gasteiger partial charge >= 0.3 is 0 Å². The summed E-state index contributed by atoms with van der Waals surface area (Å²) < 4.78 is 5.46. The van der Waals surface area contributed by atoms with Gasteiger partial charge in [0, 0.05) is 5.56 Å². The number of ether oxygens (including phenoxy) is 1. The molecule has 3 rings (SSSR count). The molecule has 20 heavy (non-hydrogen) atoms. The summed E-state index contributed by atoms with van der Waals surface area (Å²) in [5, 5.41) is 0. The Labute approximate surface area is 115 Å². The molecule has 0 aliphatic carbocycles. The Bertz CT molecular complexity index is 745. The normalized spacial score (nSPS) is 10.7. The summed E-state index contributed by atoms with van der Waals surface area (Å²) in [6.07, 6.45) is 1.67. The molecule has 0 saturated heterocycles. The molecule has 0 amide bonds. The summed E-state index contributed by atoms with van der Waals surface area (Å²) in [4.78, 5) is 17.0. The summed E-state index contributed by atoms with van der Waals surface area (Å²) >= 11 is 0. The van der Waals surface area contributed by atoms with Gasteiger partial charge in [0.15, 0.2) is 11.2 Å². The highest BCUT2D eigenvalue weighted by Crippen LogP contribution is 2.23. The van der Waals surface area contributed by atoms with E-state index in [1.807, 2.05) is 37.3 Å². The molecule has 0 aliphatic rings. The number of hydrogen-bond acceptors (Lipinski definition) is 6. The van der Waals surface area contributed by atoms with Crippen LogP contribution in [0, 0.1) is 0 Å². The predicted molar refractivity (Wildman–Crippen MR) is 76.1 cm³/mol. The third-order valence-corrected chi connectivity index (χ3v) is 2.74. The maximum Gasteiger partial charge on any atom is 0.247 e. The van der Waals surface area contributed by atoms with Crippen molar-refractivity contribution in [3.05, 3.63) is 36.5 Å². The van der Waals surface area contributed by atoms with Crippen LogP contribution >= 0.6 is 0 Å². The molecule has 0 atom stereocenters. The lowest BCUT2D eigenvalue weighted by molar-refractivity contribution is 0.330. The number of nitrogens with two attached hydrogens (primary N) is 1. The largest absolute Gasteiger partial charge is 0.476 e. The lowest BCUT2D eigenvalue weighted by Gasteiger charge is -2.07. The van der Waals surface area contributed by atoms with Gasteiger partial charge in [-0.25, -0.2) is 9.97 Å². The van der Waals surface area contributed by atoms with E-state index in [-0.39, 0.29) is 5.95 Å². The molecule has 0 fully saturated rings. The van der Waals surface area contributed by atoms with E-state index in [1.165, 1.54) is 0 Å². The molecule has 6 heteroatoms. The summed E-state index contributed by atoms with van der Waals surface area (Å²) in [6, 6.07) is 9.78. The third-order valence-electron chi connectivity index (χ3n) is 2.74. The molecule has 0 radical (unpaired) electrons. The zero-order valence-corrected chi connectivity index (χ0v) is 10.9. The van der Waals surface area contributed by atoms with Crippen LogP contribution in [-0.4, -0.2) is 26.5 Å². The van der Waals surface area contributed by atoms with Gasteiger partial charge in [0.2, 0.25) is 11.8 Å². The van der Waals surface area contributed by atoms with Gasteiger partial charge < -0.3 is 10.5 Å². The second-order valence-electron chi connectivity index (χ2n) is 4.11. The monoisotopic (exact) mass is 267 g/mol. The lowest BCUT2D eigenvalue weighted by Crippen LogP contribution is -2.04. The van der Waals surface area contributed by atoms with Crippen molar-refractivity contribution in [2.75, 3.05) is 12.3 Å². The fourth-order valence-electron chi connectivity index (χ4n) is 1.88. The maximum absolute atomic E-state index is 5.63. The first-order valence-corrected chi connectivity index (χ1v) is 6.26. The molecular weight excluding hydrogens is 254 g/mol. The Morgan fingerprint density at radius 2 is 1.90 bits per heavy atom. The van der Waals surface area contributed by atoms with E-state index in [4.69, 9.17) is 10.5 Å². The van der Waals surface area contributed by atoms with E-state index in [9.17, 15) is 0 Å². The first-order chi connectivity index (χ1) is 9.78. The Hall–Kier alpha value is -2.76. The van der Waals surface area contributed by atoms with Gasteiger partial charge in [-0.1, -0.05) is 30.3 Å². The molecule has 0 aliphatic heterocycles. The molecule has 0 spiro atoms. The van der Waals surface area contributed by atoms with Gasteiger partial charge in [0.05, 0.1) is 18.5 Å². The smallest absolute Gasteiger partial charge is 0.247 e. The molecule has 0 bridgehead atoms. The topological polar surface area (TPSA) is 86.8 Å². The number of fused-ring (bicyclic) bond motifs is 1. The van der Waals surface area contributed by atoms with Crippen molar-refractivity contribution in [1.29, 1.82) is 0 Å². The van der Waals surface area contributed by atoms with Crippen LogP contribution in [0.15, 0.2) is 36.5 Å². The van der Waals surface area contributed by atoms with Crippen LogP contribution in [0.3, 0.4) is 0 Å². The van der Waals surface area contributed by atoms with E-state index in [0.29, 0.717) is 23.7 Å². The molecule has 0 unspecified atom stereocenters. The van der Waals surface area contributed by atoms with Crippen molar-refractivity contribution in [1.82, 2.24) is 19.9 Å². The molecule has 100 valence electrons. The van der Waals surface area contributed by atoms with Gasteiger partial charge in [-0.15, -0.1) is 0 Å². The fraction of sp³-hybridized carbons (Fsp3) is 0.143. The van der Waals surface area contributed by atoms with E-state index in [0.717, 1.165) is 11.3 Å². The van der Waals surface area contributed by atoms with E-state index in [2.05, 4.69) is 19.9 Å². The molecule has 2 aromatic heterocycles. The average Bonchev–Trinajstić information content (AvgIpc) is 2.48. The van der Waals surface area contributed by atoms with Crippen LogP contribution in [-0.2, 0) is 0 Å². The number of anilines is 1.